The van der Waals surface area contributed by atoms with Gasteiger partial charge in [0.25, 0.3) is 0 Å². The van der Waals surface area contributed by atoms with E-state index < -0.39 is 11.7 Å². The molecule has 0 saturated heterocycles. The highest BCUT2D eigenvalue weighted by Gasteiger charge is 2.33. The van der Waals surface area contributed by atoms with Gasteiger partial charge in [-0.1, -0.05) is 28.1 Å². The van der Waals surface area contributed by atoms with Crippen LogP contribution in [0.25, 0.3) is 0 Å². The van der Waals surface area contributed by atoms with E-state index in [0.29, 0.717) is 5.69 Å². The van der Waals surface area contributed by atoms with Crippen molar-refractivity contribution in [2.24, 2.45) is 0 Å². The zero-order chi connectivity index (χ0) is 16.3. The van der Waals surface area contributed by atoms with E-state index >= 15 is 0 Å². The van der Waals surface area contributed by atoms with Crippen LogP contribution in [-0.4, -0.2) is 5.11 Å². The van der Waals surface area contributed by atoms with E-state index in [0.717, 1.165) is 16.1 Å². The molecule has 2 N–H and O–H groups in total. The minimum Gasteiger partial charge on any atom is -0.332 e. The maximum atomic E-state index is 12.9. The Kier molecular flexibility index (Phi) is 5.08. The van der Waals surface area contributed by atoms with Crippen molar-refractivity contribution in [3.8, 4) is 0 Å². The van der Waals surface area contributed by atoms with Crippen molar-refractivity contribution >= 4 is 44.6 Å². The fourth-order valence-electron chi connectivity index (χ4n) is 1.85. The lowest BCUT2D eigenvalue weighted by Crippen LogP contribution is -2.21. The lowest BCUT2D eigenvalue weighted by atomic mass is 10.1. The molecule has 2 aromatic carbocycles. The van der Waals surface area contributed by atoms with Gasteiger partial charge in [0.05, 0.1) is 11.3 Å². The first-order valence-corrected chi connectivity index (χ1v) is 7.48. The van der Waals surface area contributed by atoms with Gasteiger partial charge in [-0.2, -0.15) is 13.2 Å². The molecule has 2 aromatic rings. The van der Waals surface area contributed by atoms with Crippen LogP contribution < -0.4 is 10.6 Å². The van der Waals surface area contributed by atoms with Crippen LogP contribution in [0.1, 0.15) is 11.1 Å². The number of anilines is 2. The van der Waals surface area contributed by atoms with E-state index in [-0.39, 0.29) is 10.8 Å². The van der Waals surface area contributed by atoms with E-state index in [9.17, 15) is 13.2 Å². The number of nitrogens with one attached hydrogen (secondary N) is 2. The third kappa shape index (κ3) is 4.20. The summed E-state index contributed by atoms with van der Waals surface area (Å²) in [5.41, 5.74) is 0.846. The van der Waals surface area contributed by atoms with Crippen LogP contribution in [-0.2, 0) is 6.18 Å². The third-order valence-corrected chi connectivity index (χ3v) is 3.99. The summed E-state index contributed by atoms with van der Waals surface area (Å²) in [5, 5.41) is 5.55. The van der Waals surface area contributed by atoms with E-state index in [1.54, 1.807) is 6.07 Å². The second kappa shape index (κ2) is 6.66. The molecule has 0 aromatic heterocycles. The minimum atomic E-state index is -4.44. The van der Waals surface area contributed by atoms with Gasteiger partial charge in [-0.05, 0) is 55.0 Å². The SMILES string of the molecule is Cc1cc(NC(=S)Nc2ccccc2C(F)(F)F)ccc1Br. The molecule has 0 unspecified atom stereocenters. The predicted octanol–water partition coefficient (Wildman–Crippen LogP) is 5.59. The molecule has 116 valence electrons. The van der Waals surface area contributed by atoms with E-state index in [1.165, 1.54) is 18.2 Å². The number of aryl methyl sites for hydroxylation is 1. The smallest absolute Gasteiger partial charge is 0.332 e. The van der Waals surface area contributed by atoms with Crippen LogP contribution in [0.4, 0.5) is 24.5 Å². The number of thiocarbonyl (C=S) groups is 1. The standard InChI is InChI=1S/C15H12BrF3N2S/c1-9-8-10(6-7-12(9)16)20-14(22)21-13-5-3-2-4-11(13)15(17,18)19/h2-8H,1H3,(H2,20,21,22). The Labute approximate surface area is 139 Å². The number of benzene rings is 2. The molecule has 0 heterocycles. The summed E-state index contributed by atoms with van der Waals surface area (Å²) in [6.45, 7) is 1.91. The number of halogens is 4. The first-order chi connectivity index (χ1) is 10.3. The molecule has 0 radical (unpaired) electrons. The molecule has 0 aliphatic rings. The number of para-hydroxylation sites is 1. The van der Waals surface area contributed by atoms with E-state index in [2.05, 4.69) is 26.6 Å². The number of alkyl halides is 3. The first-order valence-electron chi connectivity index (χ1n) is 6.28. The monoisotopic (exact) mass is 388 g/mol. The molecular weight excluding hydrogens is 377 g/mol. The van der Waals surface area contributed by atoms with Gasteiger partial charge >= 0.3 is 6.18 Å². The summed E-state index contributed by atoms with van der Waals surface area (Å²) in [5.74, 6) is 0. The van der Waals surface area contributed by atoms with Crippen molar-refractivity contribution in [3.05, 3.63) is 58.1 Å². The normalized spacial score (nSPS) is 11.1. The number of hydrogen-bond acceptors (Lipinski definition) is 1. The molecule has 0 aliphatic carbocycles. The summed E-state index contributed by atoms with van der Waals surface area (Å²) in [7, 11) is 0. The fraction of sp³-hybridized carbons (Fsp3) is 0.133. The van der Waals surface area contributed by atoms with Gasteiger partial charge in [0, 0.05) is 10.2 Å². The highest BCUT2D eigenvalue weighted by Crippen LogP contribution is 2.34. The average Bonchev–Trinajstić information content (AvgIpc) is 2.42. The Hall–Kier alpha value is -1.60. The molecule has 7 heteroatoms. The molecule has 0 atom stereocenters. The number of rotatable bonds is 2. The van der Waals surface area contributed by atoms with Crippen LogP contribution in [0, 0.1) is 6.92 Å². The van der Waals surface area contributed by atoms with Gasteiger partial charge in [-0.3, -0.25) is 0 Å². The highest BCUT2D eigenvalue weighted by atomic mass is 79.9. The van der Waals surface area contributed by atoms with Crippen LogP contribution in [0.3, 0.4) is 0 Å². The molecule has 2 nitrogen and oxygen atoms in total. The maximum Gasteiger partial charge on any atom is 0.418 e. The van der Waals surface area contributed by atoms with Gasteiger partial charge in [-0.25, -0.2) is 0 Å². The maximum absolute atomic E-state index is 12.9. The summed E-state index contributed by atoms with van der Waals surface area (Å²) >= 11 is 8.45. The Morgan fingerprint density at radius 1 is 1.09 bits per heavy atom. The second-order valence-corrected chi connectivity index (χ2v) is 5.85. The molecule has 22 heavy (non-hydrogen) atoms. The molecule has 0 bridgehead atoms. The Balaban J connectivity index is 2.14. The Bertz CT molecular complexity index is 701. The summed E-state index contributed by atoms with van der Waals surface area (Å²) in [4.78, 5) is 0. The quantitative estimate of drug-likeness (QED) is 0.656. The molecule has 0 spiro atoms. The van der Waals surface area contributed by atoms with Crippen LogP contribution >= 0.6 is 28.1 Å². The zero-order valence-electron chi connectivity index (χ0n) is 11.5. The molecule has 2 rings (SSSR count). The van der Waals surface area contributed by atoms with Crippen LogP contribution in [0.15, 0.2) is 46.9 Å². The summed E-state index contributed by atoms with van der Waals surface area (Å²) in [6, 6.07) is 10.7. The zero-order valence-corrected chi connectivity index (χ0v) is 13.9. The second-order valence-electron chi connectivity index (χ2n) is 4.59. The fourth-order valence-corrected chi connectivity index (χ4v) is 2.32. The van der Waals surface area contributed by atoms with Crippen molar-refractivity contribution in [2.45, 2.75) is 13.1 Å². The van der Waals surface area contributed by atoms with Gasteiger partial charge in [-0.15, -0.1) is 0 Å². The van der Waals surface area contributed by atoms with Crippen molar-refractivity contribution in [1.29, 1.82) is 0 Å². The Morgan fingerprint density at radius 2 is 1.77 bits per heavy atom. The first kappa shape index (κ1) is 16.8. The Morgan fingerprint density at radius 3 is 2.41 bits per heavy atom. The molecular formula is C15H12BrF3N2S. The topological polar surface area (TPSA) is 24.1 Å². The van der Waals surface area contributed by atoms with Gasteiger partial charge in [0.15, 0.2) is 5.11 Å². The summed E-state index contributed by atoms with van der Waals surface area (Å²) in [6.07, 6.45) is -4.44. The largest absolute Gasteiger partial charge is 0.418 e. The van der Waals surface area contributed by atoms with Gasteiger partial charge < -0.3 is 10.6 Å². The van der Waals surface area contributed by atoms with E-state index in [1.807, 2.05) is 19.1 Å². The number of hydrogen-bond donors (Lipinski definition) is 2. The van der Waals surface area contributed by atoms with Crippen LogP contribution in [0.5, 0.6) is 0 Å². The third-order valence-electron chi connectivity index (χ3n) is 2.90. The van der Waals surface area contributed by atoms with Crippen molar-refractivity contribution in [3.63, 3.8) is 0 Å². The summed E-state index contributed by atoms with van der Waals surface area (Å²) < 4.78 is 39.7. The van der Waals surface area contributed by atoms with Crippen LogP contribution in [0.2, 0.25) is 0 Å². The van der Waals surface area contributed by atoms with Gasteiger partial charge in [0.2, 0.25) is 0 Å². The average molecular weight is 389 g/mol. The highest BCUT2D eigenvalue weighted by molar-refractivity contribution is 9.10. The van der Waals surface area contributed by atoms with Crippen molar-refractivity contribution in [1.82, 2.24) is 0 Å². The predicted molar refractivity (Wildman–Crippen MR) is 90.2 cm³/mol. The van der Waals surface area contributed by atoms with Crippen molar-refractivity contribution in [2.75, 3.05) is 10.6 Å². The van der Waals surface area contributed by atoms with E-state index in [4.69, 9.17) is 12.2 Å². The molecule has 0 fully saturated rings. The molecule has 0 amide bonds. The molecule has 0 aliphatic heterocycles. The lowest BCUT2D eigenvalue weighted by Gasteiger charge is -2.16. The minimum absolute atomic E-state index is 0.0821. The van der Waals surface area contributed by atoms with Crippen molar-refractivity contribution < 1.29 is 13.2 Å². The van der Waals surface area contributed by atoms with Gasteiger partial charge in [0.1, 0.15) is 0 Å². The lowest BCUT2D eigenvalue weighted by molar-refractivity contribution is -0.136. The molecule has 0 saturated carbocycles.